The molecule has 0 aliphatic carbocycles. The van der Waals surface area contributed by atoms with E-state index in [0.29, 0.717) is 18.0 Å². The summed E-state index contributed by atoms with van der Waals surface area (Å²) < 4.78 is 39.9. The summed E-state index contributed by atoms with van der Waals surface area (Å²) >= 11 is 1.38. The van der Waals surface area contributed by atoms with Gasteiger partial charge in [-0.15, -0.1) is 0 Å². The van der Waals surface area contributed by atoms with Crippen LogP contribution in [0.3, 0.4) is 0 Å². The Balaban J connectivity index is 1.59. The van der Waals surface area contributed by atoms with Gasteiger partial charge in [-0.25, -0.2) is 0 Å². The third-order valence-electron chi connectivity index (χ3n) is 5.48. The number of hydrogen-bond donors (Lipinski definition) is 2. The first-order chi connectivity index (χ1) is 14.9. The van der Waals surface area contributed by atoms with Crippen molar-refractivity contribution in [1.29, 1.82) is 0 Å². The quantitative estimate of drug-likeness (QED) is 0.367. The van der Waals surface area contributed by atoms with Gasteiger partial charge in [-0.3, -0.25) is 0 Å². The van der Waals surface area contributed by atoms with Crippen LogP contribution in [0.15, 0.2) is 76.5 Å². The van der Waals surface area contributed by atoms with E-state index in [9.17, 15) is 13.2 Å². The Bertz CT molecular complexity index is 1230. The Morgan fingerprint density at radius 2 is 1.65 bits per heavy atom. The highest BCUT2D eigenvalue weighted by Crippen LogP contribution is 2.50. The summed E-state index contributed by atoms with van der Waals surface area (Å²) in [5, 5.41) is 1.12. The number of anilines is 2. The fourth-order valence-corrected chi connectivity index (χ4v) is 5.12. The van der Waals surface area contributed by atoms with Gasteiger partial charge in [0.2, 0.25) is 0 Å². The minimum atomic E-state index is -4.37. The standard InChI is InChI=1S/C24H20F3N3S/c25-24(26,27)17-7-9-21-23(14-17)31-22-13-16(6-8-20(22)30(21)11-3-10-28)19-12-15-4-1-2-5-18(15)29-19/h1-2,4-9,12-14,29H,3,10-11,28H2. The molecule has 3 N–H and O–H groups in total. The molecule has 3 nitrogen and oxygen atoms in total. The molecule has 0 fully saturated rings. The molecule has 1 aromatic heterocycles. The highest BCUT2D eigenvalue weighted by molar-refractivity contribution is 7.99. The average molecular weight is 440 g/mol. The summed E-state index contributed by atoms with van der Waals surface area (Å²) in [4.78, 5) is 7.03. The Morgan fingerprint density at radius 3 is 2.39 bits per heavy atom. The van der Waals surface area contributed by atoms with E-state index in [1.807, 2.05) is 36.4 Å². The first-order valence-electron chi connectivity index (χ1n) is 10.0. The van der Waals surface area contributed by atoms with Crippen molar-refractivity contribution in [1.82, 2.24) is 4.98 Å². The molecule has 0 saturated carbocycles. The maximum absolute atomic E-state index is 13.3. The number of H-pyrrole nitrogens is 1. The van der Waals surface area contributed by atoms with Crippen molar-refractivity contribution >= 4 is 34.0 Å². The van der Waals surface area contributed by atoms with Crippen molar-refractivity contribution in [3.05, 3.63) is 72.3 Å². The van der Waals surface area contributed by atoms with Crippen LogP contribution in [0.1, 0.15) is 12.0 Å². The van der Waals surface area contributed by atoms with Gasteiger partial charge in [0.15, 0.2) is 0 Å². The van der Waals surface area contributed by atoms with Gasteiger partial charge in [0, 0.05) is 32.9 Å². The predicted octanol–water partition coefficient (Wildman–Crippen LogP) is 6.81. The topological polar surface area (TPSA) is 45.0 Å². The van der Waals surface area contributed by atoms with Crippen molar-refractivity contribution in [3.8, 4) is 11.3 Å². The van der Waals surface area contributed by atoms with E-state index in [1.165, 1.54) is 17.8 Å². The Kier molecular flexibility index (Phi) is 4.95. The van der Waals surface area contributed by atoms with Crippen LogP contribution in [0.5, 0.6) is 0 Å². The van der Waals surface area contributed by atoms with Crippen molar-refractivity contribution in [2.75, 3.05) is 18.0 Å². The van der Waals surface area contributed by atoms with Gasteiger partial charge in [0.1, 0.15) is 0 Å². The summed E-state index contributed by atoms with van der Waals surface area (Å²) in [6, 6.07) is 20.2. The summed E-state index contributed by atoms with van der Waals surface area (Å²) in [6.45, 7) is 1.16. The number of nitrogens with zero attached hydrogens (tertiary/aromatic N) is 1. The molecule has 0 spiro atoms. The van der Waals surface area contributed by atoms with Crippen molar-refractivity contribution < 1.29 is 13.2 Å². The number of benzene rings is 3. The Labute approximate surface area is 182 Å². The minimum absolute atomic E-state index is 0.516. The van der Waals surface area contributed by atoms with Crippen molar-refractivity contribution in [2.24, 2.45) is 5.73 Å². The second kappa shape index (κ2) is 7.66. The monoisotopic (exact) mass is 439 g/mol. The lowest BCUT2D eigenvalue weighted by Crippen LogP contribution is -2.24. The molecular formula is C24H20F3N3S. The van der Waals surface area contributed by atoms with Crippen molar-refractivity contribution in [2.45, 2.75) is 22.4 Å². The molecule has 0 amide bonds. The van der Waals surface area contributed by atoms with Gasteiger partial charge in [0.25, 0.3) is 0 Å². The number of halogens is 3. The predicted molar refractivity (Wildman–Crippen MR) is 120 cm³/mol. The molecule has 0 unspecified atom stereocenters. The molecule has 7 heteroatoms. The summed E-state index contributed by atoms with van der Waals surface area (Å²) in [7, 11) is 0. The minimum Gasteiger partial charge on any atom is -0.355 e. The molecule has 0 atom stereocenters. The summed E-state index contributed by atoms with van der Waals surface area (Å²) in [5.74, 6) is 0. The van der Waals surface area contributed by atoms with Crippen LogP contribution in [-0.2, 0) is 6.18 Å². The molecule has 158 valence electrons. The Hall–Kier alpha value is -2.90. The molecular weight excluding hydrogens is 419 g/mol. The second-order valence-corrected chi connectivity index (χ2v) is 8.61. The van der Waals surface area contributed by atoms with E-state index in [0.717, 1.165) is 50.9 Å². The first kappa shape index (κ1) is 20.0. The molecule has 2 heterocycles. The summed E-state index contributed by atoms with van der Waals surface area (Å²) in [6.07, 6.45) is -3.63. The van der Waals surface area contributed by atoms with Gasteiger partial charge >= 0.3 is 6.18 Å². The number of alkyl halides is 3. The summed E-state index contributed by atoms with van der Waals surface area (Å²) in [5.41, 5.74) is 9.89. The number of hydrogen-bond acceptors (Lipinski definition) is 3. The van der Waals surface area contributed by atoms with Gasteiger partial charge in [-0.1, -0.05) is 36.0 Å². The van der Waals surface area contributed by atoms with Crippen molar-refractivity contribution in [3.63, 3.8) is 0 Å². The largest absolute Gasteiger partial charge is 0.416 e. The molecule has 1 aliphatic heterocycles. The smallest absolute Gasteiger partial charge is 0.355 e. The number of aromatic nitrogens is 1. The number of aromatic amines is 1. The lowest BCUT2D eigenvalue weighted by molar-refractivity contribution is -0.137. The maximum atomic E-state index is 13.3. The van der Waals surface area contributed by atoms with Crippen LogP contribution >= 0.6 is 11.8 Å². The van der Waals surface area contributed by atoms with Gasteiger partial charge in [-0.05, 0) is 61.0 Å². The number of rotatable bonds is 4. The SMILES string of the molecule is NCCCN1c2ccc(-c3cc4ccccc4[nH]3)cc2Sc2cc(C(F)(F)F)ccc21. The van der Waals surface area contributed by atoms with E-state index in [4.69, 9.17) is 5.73 Å². The molecule has 0 radical (unpaired) electrons. The first-order valence-corrected chi connectivity index (χ1v) is 10.8. The maximum Gasteiger partial charge on any atom is 0.416 e. The lowest BCUT2D eigenvalue weighted by Gasteiger charge is -2.33. The van der Waals surface area contributed by atoms with E-state index in [-0.39, 0.29) is 0 Å². The number of nitrogens with one attached hydrogen (secondary N) is 1. The zero-order chi connectivity index (χ0) is 21.6. The zero-order valence-electron chi connectivity index (χ0n) is 16.5. The van der Waals surface area contributed by atoms with Crippen LogP contribution in [0.25, 0.3) is 22.2 Å². The van der Waals surface area contributed by atoms with E-state index >= 15 is 0 Å². The molecule has 0 bridgehead atoms. The zero-order valence-corrected chi connectivity index (χ0v) is 17.4. The van der Waals surface area contributed by atoms with Gasteiger partial charge in [0.05, 0.1) is 16.9 Å². The van der Waals surface area contributed by atoms with Crippen LogP contribution in [0.4, 0.5) is 24.5 Å². The van der Waals surface area contributed by atoms with Crippen LogP contribution in [0, 0.1) is 0 Å². The molecule has 4 aromatic rings. The van der Waals surface area contributed by atoms with E-state index in [2.05, 4.69) is 22.0 Å². The number of nitrogens with two attached hydrogens (primary N) is 1. The molecule has 3 aromatic carbocycles. The fourth-order valence-electron chi connectivity index (χ4n) is 3.95. The van der Waals surface area contributed by atoms with E-state index < -0.39 is 11.7 Å². The van der Waals surface area contributed by atoms with Crippen LogP contribution in [-0.4, -0.2) is 18.1 Å². The van der Waals surface area contributed by atoms with Gasteiger partial charge < -0.3 is 15.6 Å². The Morgan fingerprint density at radius 1 is 0.903 bits per heavy atom. The molecule has 5 rings (SSSR count). The lowest BCUT2D eigenvalue weighted by atomic mass is 10.1. The van der Waals surface area contributed by atoms with Gasteiger partial charge in [-0.2, -0.15) is 13.2 Å². The highest BCUT2D eigenvalue weighted by Gasteiger charge is 2.33. The van der Waals surface area contributed by atoms with E-state index in [1.54, 1.807) is 6.07 Å². The molecule has 0 saturated heterocycles. The average Bonchev–Trinajstić information content (AvgIpc) is 3.19. The fraction of sp³-hybridized carbons (Fsp3) is 0.167. The third kappa shape index (κ3) is 3.68. The van der Waals surface area contributed by atoms with Crippen LogP contribution < -0.4 is 10.6 Å². The number of para-hydroxylation sites is 1. The number of fused-ring (bicyclic) bond motifs is 3. The van der Waals surface area contributed by atoms with Crippen LogP contribution in [0.2, 0.25) is 0 Å². The second-order valence-electron chi connectivity index (χ2n) is 7.53. The third-order valence-corrected chi connectivity index (χ3v) is 6.57. The normalized spacial score (nSPS) is 13.4. The highest BCUT2D eigenvalue weighted by atomic mass is 32.2. The molecule has 1 aliphatic rings. The molecule has 31 heavy (non-hydrogen) atoms.